The van der Waals surface area contributed by atoms with Crippen molar-refractivity contribution in [1.82, 2.24) is 19.9 Å². The van der Waals surface area contributed by atoms with Crippen LogP contribution in [0.15, 0.2) is 17.4 Å². The van der Waals surface area contributed by atoms with Crippen LogP contribution in [-0.4, -0.2) is 32.3 Å². The number of nitrogens with zero attached hydrogens (tertiary/aromatic N) is 3. The van der Waals surface area contributed by atoms with Crippen LogP contribution in [0.25, 0.3) is 5.65 Å². The van der Waals surface area contributed by atoms with Crippen LogP contribution in [0.1, 0.15) is 33.1 Å². The Morgan fingerprint density at radius 3 is 2.96 bits per heavy atom. The maximum Gasteiger partial charge on any atom is 0.230 e. The fourth-order valence-electron chi connectivity index (χ4n) is 3.17. The summed E-state index contributed by atoms with van der Waals surface area (Å²) in [6, 6.07) is 1.89. The molecule has 1 aliphatic rings. The van der Waals surface area contributed by atoms with E-state index in [-0.39, 0.29) is 11.9 Å². The Hall–Kier alpha value is -0.980. The van der Waals surface area contributed by atoms with Crippen LogP contribution in [0.2, 0.25) is 10.0 Å². The van der Waals surface area contributed by atoms with E-state index in [4.69, 9.17) is 23.2 Å². The summed E-state index contributed by atoms with van der Waals surface area (Å²) in [5.41, 5.74) is 0.540. The Labute approximate surface area is 155 Å². The fraction of sp³-hybridized carbons (Fsp3) is 0.562. The Balaban J connectivity index is 1.62. The monoisotopic (exact) mass is 386 g/mol. The molecule has 2 aromatic heterocycles. The zero-order valence-corrected chi connectivity index (χ0v) is 16.0. The molecule has 0 saturated heterocycles. The molecule has 1 amide bonds. The molecule has 0 radical (unpaired) electrons. The standard InChI is InChI=1S/C16H20Cl2N4OS/c1-9-4-3-5-13(10(9)2)19-14(23)8-24-16-21-20-15-12(18)6-11(17)7-22(15)16/h6-7,9-10,13H,3-5,8H2,1-2H3,(H,19,23)/t9-,10+,13+/m0/s1. The first kappa shape index (κ1) is 17.8. The van der Waals surface area contributed by atoms with Gasteiger partial charge in [0.25, 0.3) is 0 Å². The number of rotatable bonds is 4. The first-order chi connectivity index (χ1) is 11.5. The number of amides is 1. The van der Waals surface area contributed by atoms with Crippen molar-refractivity contribution in [2.45, 2.75) is 44.3 Å². The summed E-state index contributed by atoms with van der Waals surface area (Å²) in [6.45, 7) is 4.48. The molecule has 1 fully saturated rings. The highest BCUT2D eigenvalue weighted by Gasteiger charge is 2.28. The lowest BCUT2D eigenvalue weighted by molar-refractivity contribution is -0.120. The number of carbonyl (C=O) groups excluding carboxylic acids is 1. The second-order valence-corrected chi connectivity index (χ2v) is 8.20. The van der Waals surface area contributed by atoms with Crippen molar-refractivity contribution >= 4 is 46.5 Å². The van der Waals surface area contributed by atoms with Gasteiger partial charge in [-0.3, -0.25) is 9.20 Å². The second-order valence-electron chi connectivity index (χ2n) is 6.41. The molecule has 0 unspecified atom stereocenters. The van der Waals surface area contributed by atoms with Gasteiger partial charge in [-0.2, -0.15) is 0 Å². The van der Waals surface area contributed by atoms with E-state index in [9.17, 15) is 4.79 Å². The number of carbonyl (C=O) groups is 1. The van der Waals surface area contributed by atoms with Gasteiger partial charge in [0, 0.05) is 12.2 Å². The average molecular weight is 387 g/mol. The van der Waals surface area contributed by atoms with Crippen LogP contribution < -0.4 is 5.32 Å². The van der Waals surface area contributed by atoms with Crippen LogP contribution in [-0.2, 0) is 4.79 Å². The first-order valence-electron chi connectivity index (χ1n) is 8.07. The number of nitrogens with one attached hydrogen (secondary N) is 1. The van der Waals surface area contributed by atoms with Gasteiger partial charge in [0.15, 0.2) is 10.8 Å². The van der Waals surface area contributed by atoms with Gasteiger partial charge in [0.1, 0.15) is 0 Å². The smallest absolute Gasteiger partial charge is 0.230 e. The molecule has 5 nitrogen and oxygen atoms in total. The zero-order chi connectivity index (χ0) is 17.3. The summed E-state index contributed by atoms with van der Waals surface area (Å²) >= 11 is 13.5. The van der Waals surface area contributed by atoms with Crippen molar-refractivity contribution in [2.24, 2.45) is 11.8 Å². The van der Waals surface area contributed by atoms with Crippen molar-refractivity contribution < 1.29 is 4.79 Å². The maximum absolute atomic E-state index is 12.3. The third-order valence-electron chi connectivity index (χ3n) is 4.78. The van der Waals surface area contributed by atoms with E-state index < -0.39 is 0 Å². The van der Waals surface area contributed by atoms with Gasteiger partial charge in [0.05, 0.1) is 15.8 Å². The predicted octanol–water partition coefficient (Wildman–Crippen LogP) is 4.07. The molecule has 1 N–H and O–H groups in total. The van der Waals surface area contributed by atoms with E-state index in [0.29, 0.717) is 38.4 Å². The third-order valence-corrected chi connectivity index (χ3v) is 6.21. The number of pyridine rings is 1. The van der Waals surface area contributed by atoms with Crippen LogP contribution >= 0.6 is 35.0 Å². The molecule has 0 bridgehead atoms. The Morgan fingerprint density at radius 1 is 1.38 bits per heavy atom. The second kappa shape index (κ2) is 7.50. The Bertz CT molecular complexity index is 751. The van der Waals surface area contributed by atoms with E-state index in [1.54, 1.807) is 16.7 Å². The largest absolute Gasteiger partial charge is 0.352 e. The molecule has 2 heterocycles. The van der Waals surface area contributed by atoms with Gasteiger partial charge in [-0.1, -0.05) is 61.7 Å². The lowest BCUT2D eigenvalue weighted by Gasteiger charge is -2.34. The number of hydrogen-bond acceptors (Lipinski definition) is 4. The first-order valence-corrected chi connectivity index (χ1v) is 9.82. The summed E-state index contributed by atoms with van der Waals surface area (Å²) in [7, 11) is 0. The van der Waals surface area contributed by atoms with Gasteiger partial charge in [0.2, 0.25) is 5.91 Å². The third kappa shape index (κ3) is 3.81. The molecule has 3 rings (SSSR count). The van der Waals surface area contributed by atoms with Crippen molar-refractivity contribution in [1.29, 1.82) is 0 Å². The van der Waals surface area contributed by atoms with E-state index in [1.807, 2.05) is 0 Å². The number of halogens is 2. The highest BCUT2D eigenvalue weighted by atomic mass is 35.5. The van der Waals surface area contributed by atoms with Gasteiger partial charge >= 0.3 is 0 Å². The summed E-state index contributed by atoms with van der Waals surface area (Å²) in [6.07, 6.45) is 5.18. The van der Waals surface area contributed by atoms with E-state index in [1.165, 1.54) is 24.6 Å². The van der Waals surface area contributed by atoms with Crippen molar-refractivity contribution in [3.63, 3.8) is 0 Å². The number of aromatic nitrogens is 3. The molecular formula is C16H20Cl2N4OS. The zero-order valence-electron chi connectivity index (χ0n) is 13.6. The minimum absolute atomic E-state index is 0.0239. The van der Waals surface area contributed by atoms with Gasteiger partial charge in [-0.15, -0.1) is 10.2 Å². The lowest BCUT2D eigenvalue weighted by atomic mass is 9.78. The van der Waals surface area contributed by atoms with Crippen LogP contribution in [0.5, 0.6) is 0 Å². The molecule has 1 saturated carbocycles. The average Bonchev–Trinajstić information content (AvgIpc) is 2.93. The van der Waals surface area contributed by atoms with Crippen molar-refractivity contribution in [3.8, 4) is 0 Å². The quantitative estimate of drug-likeness (QED) is 0.804. The summed E-state index contributed by atoms with van der Waals surface area (Å²) < 4.78 is 1.72. The van der Waals surface area contributed by atoms with E-state index >= 15 is 0 Å². The highest BCUT2D eigenvalue weighted by molar-refractivity contribution is 7.99. The number of fused-ring (bicyclic) bond motifs is 1. The van der Waals surface area contributed by atoms with Gasteiger partial charge < -0.3 is 5.32 Å². The summed E-state index contributed by atoms with van der Waals surface area (Å²) in [5, 5.41) is 12.9. The Morgan fingerprint density at radius 2 is 2.17 bits per heavy atom. The van der Waals surface area contributed by atoms with E-state index in [0.717, 1.165) is 6.42 Å². The fourth-order valence-corrected chi connectivity index (χ4v) is 4.39. The molecule has 1 aliphatic carbocycles. The maximum atomic E-state index is 12.3. The van der Waals surface area contributed by atoms with Crippen LogP contribution in [0.3, 0.4) is 0 Å². The molecule has 8 heteroatoms. The van der Waals surface area contributed by atoms with E-state index in [2.05, 4.69) is 29.4 Å². The normalized spacial score (nSPS) is 24.2. The van der Waals surface area contributed by atoms with Crippen molar-refractivity contribution in [3.05, 3.63) is 22.3 Å². The molecule has 0 aliphatic heterocycles. The SMILES string of the molecule is C[C@@H]1[C@@H](C)CCC[C@H]1NC(=O)CSc1nnc2c(Cl)cc(Cl)cn12. The summed E-state index contributed by atoms with van der Waals surface area (Å²) in [4.78, 5) is 12.3. The lowest BCUT2D eigenvalue weighted by Crippen LogP contribution is -2.44. The minimum Gasteiger partial charge on any atom is -0.352 e. The van der Waals surface area contributed by atoms with Crippen LogP contribution in [0, 0.1) is 11.8 Å². The minimum atomic E-state index is 0.0239. The molecule has 130 valence electrons. The van der Waals surface area contributed by atoms with Gasteiger partial charge in [-0.25, -0.2) is 0 Å². The topological polar surface area (TPSA) is 59.3 Å². The molecule has 2 aromatic rings. The number of hydrogen-bond donors (Lipinski definition) is 1. The molecule has 3 atom stereocenters. The summed E-state index contributed by atoms with van der Waals surface area (Å²) in [5.74, 6) is 1.49. The van der Waals surface area contributed by atoms with Crippen LogP contribution in [0.4, 0.5) is 0 Å². The molecule has 0 aromatic carbocycles. The van der Waals surface area contributed by atoms with Crippen molar-refractivity contribution in [2.75, 3.05) is 5.75 Å². The molecular weight excluding hydrogens is 367 g/mol. The predicted molar refractivity (Wildman–Crippen MR) is 97.8 cm³/mol. The molecule has 24 heavy (non-hydrogen) atoms. The molecule has 0 spiro atoms. The highest BCUT2D eigenvalue weighted by Crippen LogP contribution is 2.30. The number of thioether (sulfide) groups is 1. The van der Waals surface area contributed by atoms with Gasteiger partial charge in [-0.05, 0) is 24.3 Å². The Kier molecular flexibility index (Phi) is 5.57.